The zero-order valence-corrected chi connectivity index (χ0v) is 21.9. The van der Waals surface area contributed by atoms with E-state index in [1.165, 1.54) is 0 Å². The Bertz CT molecular complexity index is 329. The Hall–Kier alpha value is 0.764. The zero-order valence-electron chi connectivity index (χ0n) is 16.3. The molecule has 0 aliphatic carbocycles. The standard InChI is InChI=1S/C12H34O8Si5/c1-13-25(14-2,15-3)12-8-10-16-9-7-11-24-19-22(5)17-21(4)18-23(6)20-24/h21-24H,7-12H2,1-6H3. The molecule has 1 saturated heterocycles. The Morgan fingerprint density at radius 3 is 1.72 bits per heavy atom. The normalized spacial score (nSPS) is 28.6. The van der Waals surface area contributed by atoms with Gasteiger partial charge in [0.2, 0.25) is 0 Å². The molecular weight excluding hydrogens is 413 g/mol. The summed E-state index contributed by atoms with van der Waals surface area (Å²) in [6, 6.07) is 1.69. The highest BCUT2D eigenvalue weighted by molar-refractivity contribution is 6.72. The third-order valence-electron chi connectivity index (χ3n) is 3.89. The van der Waals surface area contributed by atoms with Gasteiger partial charge in [0.05, 0.1) is 0 Å². The van der Waals surface area contributed by atoms with Gasteiger partial charge in [-0.2, -0.15) is 0 Å². The van der Waals surface area contributed by atoms with Crippen LogP contribution in [-0.4, -0.2) is 80.5 Å². The largest absolute Gasteiger partial charge is 0.500 e. The minimum Gasteiger partial charge on any atom is -0.420 e. The first-order valence-corrected chi connectivity index (χ1v) is 18.8. The fourth-order valence-electron chi connectivity index (χ4n) is 2.63. The van der Waals surface area contributed by atoms with E-state index in [2.05, 4.69) is 13.1 Å². The summed E-state index contributed by atoms with van der Waals surface area (Å²) in [4.78, 5) is 0. The van der Waals surface area contributed by atoms with Gasteiger partial charge in [-0.15, -0.1) is 0 Å². The van der Waals surface area contributed by atoms with Gasteiger partial charge >= 0.3 is 18.1 Å². The van der Waals surface area contributed by atoms with Crippen LogP contribution in [0, 0.1) is 0 Å². The van der Waals surface area contributed by atoms with Crippen LogP contribution >= 0.6 is 0 Å². The molecule has 2 atom stereocenters. The van der Waals surface area contributed by atoms with Crippen molar-refractivity contribution in [1.29, 1.82) is 0 Å². The third-order valence-corrected chi connectivity index (χ3v) is 19.2. The van der Waals surface area contributed by atoms with Gasteiger partial charge < -0.3 is 34.5 Å². The van der Waals surface area contributed by atoms with E-state index in [9.17, 15) is 0 Å². The van der Waals surface area contributed by atoms with E-state index in [0.29, 0.717) is 13.2 Å². The Morgan fingerprint density at radius 2 is 1.20 bits per heavy atom. The van der Waals surface area contributed by atoms with E-state index in [4.69, 9.17) is 34.5 Å². The summed E-state index contributed by atoms with van der Waals surface area (Å²) in [5.41, 5.74) is 0. The highest BCUT2D eigenvalue weighted by Crippen LogP contribution is 2.15. The molecule has 0 spiro atoms. The summed E-state index contributed by atoms with van der Waals surface area (Å²) in [6.45, 7) is 7.54. The highest BCUT2D eigenvalue weighted by atomic mass is 28.5. The molecule has 0 bridgehead atoms. The molecular formula is C12H34O8Si5. The van der Waals surface area contributed by atoms with E-state index in [1.54, 1.807) is 21.3 Å². The molecule has 1 rings (SSSR count). The molecule has 150 valence electrons. The molecule has 0 radical (unpaired) electrons. The minimum absolute atomic E-state index is 0.671. The molecule has 0 amide bonds. The lowest BCUT2D eigenvalue weighted by atomic mass is 10.5. The lowest BCUT2D eigenvalue weighted by molar-refractivity contribution is 0.107. The fourth-order valence-corrected chi connectivity index (χ4v) is 17.0. The van der Waals surface area contributed by atoms with Gasteiger partial charge in [0.1, 0.15) is 0 Å². The van der Waals surface area contributed by atoms with Gasteiger partial charge in [-0.1, -0.05) is 0 Å². The Labute approximate surface area is 159 Å². The molecule has 0 saturated carbocycles. The molecule has 8 nitrogen and oxygen atoms in total. The first-order chi connectivity index (χ1) is 11.9. The van der Waals surface area contributed by atoms with Crippen LogP contribution in [0.15, 0.2) is 0 Å². The fraction of sp³-hybridized carbons (Fsp3) is 1.00. The van der Waals surface area contributed by atoms with Crippen molar-refractivity contribution in [2.75, 3.05) is 34.5 Å². The van der Waals surface area contributed by atoms with Crippen molar-refractivity contribution in [3.63, 3.8) is 0 Å². The van der Waals surface area contributed by atoms with E-state index < -0.39 is 45.9 Å². The number of ether oxygens (including phenoxy) is 1. The maximum absolute atomic E-state index is 6.07. The molecule has 1 aliphatic heterocycles. The molecule has 0 N–H and O–H groups in total. The summed E-state index contributed by atoms with van der Waals surface area (Å²) in [5.74, 6) is 0. The predicted octanol–water partition coefficient (Wildman–Crippen LogP) is 0.513. The molecule has 0 aromatic heterocycles. The lowest BCUT2D eigenvalue weighted by Gasteiger charge is -2.30. The molecule has 1 aliphatic rings. The third kappa shape index (κ3) is 9.49. The smallest absolute Gasteiger partial charge is 0.420 e. The van der Waals surface area contributed by atoms with E-state index in [-0.39, 0.29) is 0 Å². The van der Waals surface area contributed by atoms with Crippen molar-refractivity contribution in [3.05, 3.63) is 0 Å². The van der Waals surface area contributed by atoms with Crippen LogP contribution in [0.3, 0.4) is 0 Å². The maximum Gasteiger partial charge on any atom is 0.500 e. The van der Waals surface area contributed by atoms with Gasteiger partial charge in [0.15, 0.2) is 0 Å². The molecule has 1 fully saturated rings. The van der Waals surface area contributed by atoms with E-state index in [0.717, 1.165) is 24.9 Å². The van der Waals surface area contributed by atoms with Crippen LogP contribution in [0.5, 0.6) is 0 Å². The van der Waals surface area contributed by atoms with E-state index >= 15 is 0 Å². The molecule has 2 unspecified atom stereocenters. The van der Waals surface area contributed by atoms with Gasteiger partial charge in [-0.25, -0.2) is 0 Å². The number of hydrogen-bond donors (Lipinski definition) is 0. The summed E-state index contributed by atoms with van der Waals surface area (Å²) in [6.07, 6.45) is 1.79. The van der Waals surface area contributed by atoms with Gasteiger partial charge in [-0.05, 0) is 38.5 Å². The summed E-state index contributed by atoms with van der Waals surface area (Å²) < 4.78 is 45.8. The van der Waals surface area contributed by atoms with Crippen molar-refractivity contribution in [1.82, 2.24) is 0 Å². The second-order valence-electron chi connectivity index (χ2n) is 5.83. The number of rotatable bonds is 11. The summed E-state index contributed by atoms with van der Waals surface area (Å²) in [5, 5.41) is 0. The first-order valence-electron chi connectivity index (χ1n) is 8.79. The van der Waals surface area contributed by atoms with Crippen LogP contribution < -0.4 is 0 Å². The van der Waals surface area contributed by atoms with Crippen LogP contribution in [0.4, 0.5) is 0 Å². The lowest BCUT2D eigenvalue weighted by Crippen LogP contribution is -2.45. The second-order valence-corrected chi connectivity index (χ2v) is 18.1. The molecule has 13 heteroatoms. The molecule has 0 aromatic rings. The van der Waals surface area contributed by atoms with Crippen molar-refractivity contribution in [3.8, 4) is 0 Å². The highest BCUT2D eigenvalue weighted by Gasteiger charge is 2.36. The zero-order chi connectivity index (χ0) is 18.7. The number of hydrogen-bond acceptors (Lipinski definition) is 8. The van der Waals surface area contributed by atoms with Crippen LogP contribution in [-0.2, 0) is 34.5 Å². The molecule has 25 heavy (non-hydrogen) atoms. The monoisotopic (exact) mass is 446 g/mol. The first kappa shape index (κ1) is 23.8. The van der Waals surface area contributed by atoms with Gasteiger partial charge in [0.25, 0.3) is 27.9 Å². The quantitative estimate of drug-likeness (QED) is 0.336. The maximum atomic E-state index is 6.07. The topological polar surface area (TPSA) is 73.8 Å². The van der Waals surface area contributed by atoms with Gasteiger partial charge in [0, 0.05) is 40.6 Å². The molecule has 0 aromatic carbocycles. The second kappa shape index (κ2) is 13.0. The van der Waals surface area contributed by atoms with Crippen molar-refractivity contribution in [2.24, 2.45) is 0 Å². The van der Waals surface area contributed by atoms with Crippen LogP contribution in [0.1, 0.15) is 12.8 Å². The SMILES string of the molecule is CO[Si](CCCOCCC[SiH]1O[SiH](C)O[SiH](C)O[SiH](C)O1)(OC)OC. The average molecular weight is 447 g/mol. The molecule has 1 heterocycles. The Morgan fingerprint density at radius 1 is 0.720 bits per heavy atom. The predicted molar refractivity (Wildman–Crippen MR) is 107 cm³/mol. The van der Waals surface area contributed by atoms with Crippen molar-refractivity contribution < 1.29 is 34.5 Å². The van der Waals surface area contributed by atoms with Gasteiger partial charge in [-0.3, -0.25) is 0 Å². The Kier molecular flexibility index (Phi) is 12.4. The van der Waals surface area contributed by atoms with Crippen molar-refractivity contribution >= 4 is 45.9 Å². The van der Waals surface area contributed by atoms with E-state index in [1.807, 2.05) is 6.55 Å². The summed E-state index contributed by atoms with van der Waals surface area (Å²) >= 11 is 0. The minimum atomic E-state index is -2.47. The van der Waals surface area contributed by atoms with Crippen molar-refractivity contribution in [2.45, 2.75) is 44.6 Å². The van der Waals surface area contributed by atoms with Crippen LogP contribution in [0.2, 0.25) is 31.7 Å². The van der Waals surface area contributed by atoms with Crippen LogP contribution in [0.25, 0.3) is 0 Å². The Balaban J connectivity index is 2.16. The average Bonchev–Trinajstić information content (AvgIpc) is 2.56. The summed E-state index contributed by atoms with van der Waals surface area (Å²) in [7, 11) is -3.99.